The summed E-state index contributed by atoms with van der Waals surface area (Å²) in [6.07, 6.45) is 0.816. The number of amides is 1. The molecule has 1 aliphatic heterocycles. The second-order valence-corrected chi connectivity index (χ2v) is 7.51. The van der Waals surface area contributed by atoms with Crippen molar-refractivity contribution in [3.05, 3.63) is 70.7 Å². The number of carbonyl (C=O) groups is 1. The SMILES string of the molecule is O=C(C[NH+]1CC[NH+](Cc2ccccc2)CC1)NCCc1cccc(Cl)c1. The van der Waals surface area contributed by atoms with E-state index in [4.69, 9.17) is 11.6 Å². The van der Waals surface area contributed by atoms with Crippen LogP contribution in [0.2, 0.25) is 5.02 Å². The highest BCUT2D eigenvalue weighted by Crippen LogP contribution is 2.10. The van der Waals surface area contributed by atoms with E-state index < -0.39 is 0 Å². The highest BCUT2D eigenvalue weighted by atomic mass is 35.5. The molecular formula is C21H28ClN3O+2. The monoisotopic (exact) mass is 373 g/mol. The van der Waals surface area contributed by atoms with E-state index in [2.05, 4.69) is 35.6 Å². The molecule has 0 aromatic heterocycles. The Hall–Kier alpha value is -1.88. The van der Waals surface area contributed by atoms with Gasteiger partial charge in [0, 0.05) is 17.1 Å². The van der Waals surface area contributed by atoms with Gasteiger partial charge in [0.2, 0.25) is 0 Å². The summed E-state index contributed by atoms with van der Waals surface area (Å²) in [5.74, 6) is 0.147. The van der Waals surface area contributed by atoms with E-state index >= 15 is 0 Å². The number of hydrogen-bond acceptors (Lipinski definition) is 1. The van der Waals surface area contributed by atoms with Crippen molar-refractivity contribution in [3.63, 3.8) is 0 Å². The molecule has 1 aliphatic rings. The Morgan fingerprint density at radius 2 is 1.62 bits per heavy atom. The van der Waals surface area contributed by atoms with Crippen LogP contribution >= 0.6 is 11.6 Å². The van der Waals surface area contributed by atoms with Crippen LogP contribution in [0.25, 0.3) is 0 Å². The number of quaternary nitrogens is 2. The molecule has 1 saturated heterocycles. The van der Waals surface area contributed by atoms with E-state index in [-0.39, 0.29) is 5.91 Å². The van der Waals surface area contributed by atoms with Gasteiger partial charge in [0.15, 0.2) is 6.54 Å². The first kappa shape index (κ1) is 18.9. The molecule has 0 radical (unpaired) electrons. The summed E-state index contributed by atoms with van der Waals surface area (Å²) in [6.45, 7) is 6.69. The Balaban J connectivity index is 1.33. The van der Waals surface area contributed by atoms with Gasteiger partial charge in [0.05, 0.1) is 0 Å². The minimum atomic E-state index is 0.147. The Morgan fingerprint density at radius 1 is 0.923 bits per heavy atom. The molecule has 5 heteroatoms. The smallest absolute Gasteiger partial charge is 0.275 e. The molecular weight excluding hydrogens is 346 g/mol. The minimum Gasteiger partial charge on any atom is -0.351 e. The number of piperazine rings is 1. The van der Waals surface area contributed by atoms with Crippen molar-refractivity contribution in [2.45, 2.75) is 13.0 Å². The maximum absolute atomic E-state index is 12.2. The van der Waals surface area contributed by atoms with E-state index in [0.717, 1.165) is 49.7 Å². The summed E-state index contributed by atoms with van der Waals surface area (Å²) in [7, 11) is 0. The molecule has 0 spiro atoms. The van der Waals surface area contributed by atoms with Crippen molar-refractivity contribution < 1.29 is 14.6 Å². The van der Waals surface area contributed by atoms with Crippen molar-refractivity contribution in [3.8, 4) is 0 Å². The molecule has 0 aliphatic carbocycles. The predicted octanol–water partition coefficient (Wildman–Crippen LogP) is -0.0177. The number of benzene rings is 2. The normalized spacial score (nSPS) is 19.9. The van der Waals surface area contributed by atoms with Crippen LogP contribution in [0, 0.1) is 0 Å². The highest BCUT2D eigenvalue weighted by molar-refractivity contribution is 6.30. The third kappa shape index (κ3) is 6.13. The molecule has 3 N–H and O–H groups in total. The van der Waals surface area contributed by atoms with Gasteiger partial charge in [-0.1, -0.05) is 54.1 Å². The lowest BCUT2D eigenvalue weighted by Crippen LogP contribution is -3.28. The highest BCUT2D eigenvalue weighted by Gasteiger charge is 2.24. The van der Waals surface area contributed by atoms with E-state index in [1.807, 2.05) is 24.3 Å². The molecule has 2 aromatic carbocycles. The van der Waals surface area contributed by atoms with E-state index in [9.17, 15) is 4.79 Å². The zero-order valence-electron chi connectivity index (χ0n) is 15.1. The first-order chi connectivity index (χ1) is 12.7. The second kappa shape index (κ2) is 9.72. The summed E-state index contributed by atoms with van der Waals surface area (Å²) >= 11 is 5.99. The van der Waals surface area contributed by atoms with Gasteiger partial charge >= 0.3 is 0 Å². The summed E-state index contributed by atoms with van der Waals surface area (Å²) in [6, 6.07) is 18.5. The molecule has 0 bridgehead atoms. The van der Waals surface area contributed by atoms with Gasteiger partial charge in [-0.2, -0.15) is 0 Å². The minimum absolute atomic E-state index is 0.147. The van der Waals surface area contributed by atoms with E-state index in [0.29, 0.717) is 13.1 Å². The van der Waals surface area contributed by atoms with Crippen LogP contribution in [0.15, 0.2) is 54.6 Å². The van der Waals surface area contributed by atoms with Gasteiger partial charge in [-0.05, 0) is 24.1 Å². The molecule has 1 amide bonds. The lowest BCUT2D eigenvalue weighted by molar-refractivity contribution is -1.02. The summed E-state index contributed by atoms with van der Waals surface area (Å²) in [5, 5.41) is 3.78. The molecule has 2 aromatic rings. The fraction of sp³-hybridized carbons (Fsp3) is 0.381. The third-order valence-corrected chi connectivity index (χ3v) is 5.23. The van der Waals surface area contributed by atoms with Crippen molar-refractivity contribution in [1.82, 2.24) is 5.32 Å². The van der Waals surface area contributed by atoms with Gasteiger partial charge in [0.25, 0.3) is 5.91 Å². The zero-order chi connectivity index (χ0) is 18.2. The molecule has 1 fully saturated rings. The van der Waals surface area contributed by atoms with Crippen LogP contribution < -0.4 is 15.1 Å². The number of halogens is 1. The summed E-state index contributed by atoms with van der Waals surface area (Å²) in [4.78, 5) is 15.2. The van der Waals surface area contributed by atoms with Crippen LogP contribution in [0.5, 0.6) is 0 Å². The Morgan fingerprint density at radius 3 is 2.35 bits per heavy atom. The van der Waals surface area contributed by atoms with Crippen LogP contribution in [-0.2, 0) is 17.8 Å². The molecule has 26 heavy (non-hydrogen) atoms. The first-order valence-electron chi connectivity index (χ1n) is 9.41. The second-order valence-electron chi connectivity index (χ2n) is 7.07. The lowest BCUT2D eigenvalue weighted by Gasteiger charge is -2.29. The van der Waals surface area contributed by atoms with Gasteiger partial charge in [-0.25, -0.2) is 0 Å². The van der Waals surface area contributed by atoms with Crippen LogP contribution in [0.3, 0.4) is 0 Å². The summed E-state index contributed by atoms with van der Waals surface area (Å²) in [5.41, 5.74) is 2.55. The van der Waals surface area contributed by atoms with Gasteiger partial charge in [0.1, 0.15) is 32.7 Å². The van der Waals surface area contributed by atoms with E-state index in [1.165, 1.54) is 10.5 Å². The number of nitrogens with one attached hydrogen (secondary N) is 3. The van der Waals surface area contributed by atoms with Gasteiger partial charge < -0.3 is 15.1 Å². The maximum atomic E-state index is 12.2. The van der Waals surface area contributed by atoms with Gasteiger partial charge in [-0.15, -0.1) is 0 Å². The average Bonchev–Trinajstić information content (AvgIpc) is 2.64. The standard InChI is InChI=1S/C21H26ClN3O/c22-20-8-4-7-18(15-20)9-10-23-21(26)17-25-13-11-24(12-14-25)16-19-5-2-1-3-6-19/h1-8,15H,9-14,16-17H2,(H,23,26)/p+2. The Bertz CT molecular complexity index is 699. The molecule has 138 valence electrons. The molecule has 0 unspecified atom stereocenters. The topological polar surface area (TPSA) is 38.0 Å². The van der Waals surface area contributed by atoms with E-state index in [1.54, 1.807) is 4.90 Å². The predicted molar refractivity (Wildman–Crippen MR) is 105 cm³/mol. The quantitative estimate of drug-likeness (QED) is 0.627. The Labute approximate surface area is 160 Å². The third-order valence-electron chi connectivity index (χ3n) is 5.00. The fourth-order valence-electron chi connectivity index (χ4n) is 3.52. The molecule has 3 rings (SSSR count). The Kier molecular flexibility index (Phi) is 7.06. The number of carbonyl (C=O) groups excluding carboxylic acids is 1. The van der Waals surface area contributed by atoms with Crippen LogP contribution in [0.1, 0.15) is 11.1 Å². The summed E-state index contributed by atoms with van der Waals surface area (Å²) < 4.78 is 0. The number of rotatable bonds is 7. The average molecular weight is 374 g/mol. The molecule has 0 atom stereocenters. The molecule has 0 saturated carbocycles. The largest absolute Gasteiger partial charge is 0.351 e. The van der Waals surface area contributed by atoms with Gasteiger partial charge in [-0.3, -0.25) is 4.79 Å². The van der Waals surface area contributed by atoms with Crippen LogP contribution in [0.4, 0.5) is 0 Å². The molecule has 1 heterocycles. The fourth-order valence-corrected chi connectivity index (χ4v) is 3.74. The maximum Gasteiger partial charge on any atom is 0.275 e. The van der Waals surface area contributed by atoms with Crippen molar-refractivity contribution in [2.75, 3.05) is 39.3 Å². The lowest BCUT2D eigenvalue weighted by atomic mass is 10.1. The number of hydrogen-bond donors (Lipinski definition) is 3. The molecule has 4 nitrogen and oxygen atoms in total. The zero-order valence-corrected chi connectivity index (χ0v) is 15.9. The van der Waals surface area contributed by atoms with Crippen molar-refractivity contribution >= 4 is 17.5 Å². The first-order valence-corrected chi connectivity index (χ1v) is 9.79. The van der Waals surface area contributed by atoms with Crippen LogP contribution in [-0.4, -0.2) is 45.2 Å². The van der Waals surface area contributed by atoms with Crippen molar-refractivity contribution in [1.29, 1.82) is 0 Å². The van der Waals surface area contributed by atoms with Crippen molar-refractivity contribution in [2.24, 2.45) is 0 Å².